The van der Waals surface area contributed by atoms with Crippen LogP contribution in [0.3, 0.4) is 0 Å². The first-order chi connectivity index (χ1) is 9.92. The normalized spacial score (nSPS) is 10.2. The van der Waals surface area contributed by atoms with Crippen molar-refractivity contribution in [2.45, 2.75) is 13.8 Å². The molecule has 7 nitrogen and oxygen atoms in total. The Labute approximate surface area is 120 Å². The Morgan fingerprint density at radius 1 is 1.24 bits per heavy atom. The van der Waals surface area contributed by atoms with Crippen LogP contribution in [-0.2, 0) is 0 Å². The van der Waals surface area contributed by atoms with Gasteiger partial charge in [0.25, 0.3) is 0 Å². The van der Waals surface area contributed by atoms with E-state index in [1.807, 2.05) is 0 Å². The maximum atomic E-state index is 11.7. The van der Waals surface area contributed by atoms with Gasteiger partial charge in [-0.15, -0.1) is 0 Å². The van der Waals surface area contributed by atoms with E-state index in [0.717, 1.165) is 0 Å². The zero-order valence-electron chi connectivity index (χ0n) is 11.8. The average molecular weight is 290 g/mol. The molecule has 0 aliphatic carbocycles. The van der Waals surface area contributed by atoms with Crippen molar-refractivity contribution in [2.75, 3.05) is 7.11 Å². The quantitative estimate of drug-likeness (QED) is 0.891. The van der Waals surface area contributed by atoms with Gasteiger partial charge in [0.2, 0.25) is 0 Å². The summed E-state index contributed by atoms with van der Waals surface area (Å²) in [6, 6.07) is 4.28. The SMILES string of the molecule is COc1cc(C(=O)O)cc(C)c1Oc1cc(C)n[nH]c1=O. The summed E-state index contributed by atoms with van der Waals surface area (Å²) in [5.41, 5.74) is 0.727. The summed E-state index contributed by atoms with van der Waals surface area (Å²) in [5, 5.41) is 15.1. The van der Waals surface area contributed by atoms with Gasteiger partial charge in [-0.05, 0) is 31.5 Å². The lowest BCUT2D eigenvalue weighted by Crippen LogP contribution is -2.12. The number of rotatable bonds is 4. The smallest absolute Gasteiger partial charge is 0.335 e. The summed E-state index contributed by atoms with van der Waals surface area (Å²) in [5.74, 6) is -0.479. The lowest BCUT2D eigenvalue weighted by molar-refractivity contribution is 0.0696. The molecule has 0 aliphatic rings. The monoisotopic (exact) mass is 290 g/mol. The highest BCUT2D eigenvalue weighted by Gasteiger charge is 2.16. The van der Waals surface area contributed by atoms with Gasteiger partial charge in [0, 0.05) is 6.07 Å². The Kier molecular flexibility index (Phi) is 3.93. The summed E-state index contributed by atoms with van der Waals surface area (Å²) in [4.78, 5) is 22.7. The number of nitrogens with one attached hydrogen (secondary N) is 1. The molecule has 7 heteroatoms. The molecule has 0 saturated carbocycles. The predicted octanol–water partition coefficient (Wildman–Crippen LogP) is 1.89. The Bertz CT molecular complexity index is 752. The molecule has 0 aliphatic heterocycles. The number of hydrogen-bond donors (Lipinski definition) is 2. The van der Waals surface area contributed by atoms with Crippen LogP contribution < -0.4 is 15.0 Å². The highest BCUT2D eigenvalue weighted by Crippen LogP contribution is 2.35. The first-order valence-corrected chi connectivity index (χ1v) is 6.08. The minimum atomic E-state index is -1.07. The fraction of sp³-hybridized carbons (Fsp3) is 0.214. The third-order valence-corrected chi connectivity index (χ3v) is 2.82. The number of H-pyrrole nitrogens is 1. The highest BCUT2D eigenvalue weighted by molar-refractivity contribution is 5.89. The molecule has 0 bridgehead atoms. The maximum absolute atomic E-state index is 11.7. The van der Waals surface area contributed by atoms with Gasteiger partial charge in [-0.3, -0.25) is 4.79 Å². The van der Waals surface area contributed by atoms with Crippen LogP contribution in [-0.4, -0.2) is 28.4 Å². The van der Waals surface area contributed by atoms with E-state index < -0.39 is 11.5 Å². The van der Waals surface area contributed by atoms with Crippen LogP contribution >= 0.6 is 0 Å². The third-order valence-electron chi connectivity index (χ3n) is 2.82. The van der Waals surface area contributed by atoms with Gasteiger partial charge in [-0.2, -0.15) is 5.10 Å². The highest BCUT2D eigenvalue weighted by atomic mass is 16.5. The molecule has 0 atom stereocenters. The van der Waals surface area contributed by atoms with Crippen molar-refractivity contribution in [2.24, 2.45) is 0 Å². The van der Waals surface area contributed by atoms with Gasteiger partial charge in [0.05, 0.1) is 18.4 Å². The molecule has 0 amide bonds. The second kappa shape index (κ2) is 5.66. The number of benzene rings is 1. The number of aryl methyl sites for hydroxylation is 2. The molecule has 1 aromatic heterocycles. The lowest BCUT2D eigenvalue weighted by Gasteiger charge is -2.13. The minimum Gasteiger partial charge on any atom is -0.493 e. The average Bonchev–Trinajstić information content (AvgIpc) is 2.44. The van der Waals surface area contributed by atoms with Crippen molar-refractivity contribution < 1.29 is 19.4 Å². The molecule has 1 aromatic carbocycles. The molecule has 2 rings (SSSR count). The van der Waals surface area contributed by atoms with Crippen LogP contribution in [0.25, 0.3) is 0 Å². The van der Waals surface area contributed by atoms with Crippen LogP contribution in [0.2, 0.25) is 0 Å². The molecule has 0 spiro atoms. The molecule has 2 N–H and O–H groups in total. The summed E-state index contributed by atoms with van der Waals surface area (Å²) in [7, 11) is 1.40. The number of hydrogen-bond acceptors (Lipinski definition) is 5. The number of carboxylic acids is 1. The number of ether oxygens (including phenoxy) is 2. The Hall–Kier alpha value is -2.83. The van der Waals surface area contributed by atoms with Gasteiger partial charge < -0.3 is 14.6 Å². The first-order valence-electron chi connectivity index (χ1n) is 6.08. The Balaban J connectivity index is 2.51. The molecular formula is C14H14N2O5. The molecule has 0 saturated heterocycles. The van der Waals surface area contributed by atoms with E-state index in [-0.39, 0.29) is 17.1 Å². The summed E-state index contributed by atoms with van der Waals surface area (Å²) in [6.45, 7) is 3.38. The van der Waals surface area contributed by atoms with Gasteiger partial charge in [-0.25, -0.2) is 9.89 Å². The molecule has 0 unspecified atom stereocenters. The Morgan fingerprint density at radius 2 is 1.95 bits per heavy atom. The topological polar surface area (TPSA) is 102 Å². The molecular weight excluding hydrogens is 276 g/mol. The molecule has 1 heterocycles. The van der Waals surface area contributed by atoms with Crippen LogP contribution in [0, 0.1) is 13.8 Å². The standard InChI is InChI=1S/C14H14N2O5/c1-7-4-9(14(18)19)6-10(20-3)12(7)21-11-5-8(2)15-16-13(11)17/h4-6H,1-3H3,(H,16,17)(H,18,19). The van der Waals surface area contributed by atoms with Crippen molar-refractivity contribution in [3.63, 3.8) is 0 Å². The number of methoxy groups -OCH3 is 1. The van der Waals surface area contributed by atoms with E-state index in [9.17, 15) is 9.59 Å². The summed E-state index contributed by atoms with van der Waals surface area (Å²) >= 11 is 0. The van der Waals surface area contributed by atoms with E-state index in [0.29, 0.717) is 17.0 Å². The van der Waals surface area contributed by atoms with Crippen molar-refractivity contribution >= 4 is 5.97 Å². The van der Waals surface area contributed by atoms with Crippen molar-refractivity contribution in [1.29, 1.82) is 0 Å². The molecule has 110 valence electrons. The molecule has 21 heavy (non-hydrogen) atoms. The number of carbonyl (C=O) groups is 1. The van der Waals surface area contributed by atoms with Crippen molar-refractivity contribution in [3.05, 3.63) is 45.4 Å². The maximum Gasteiger partial charge on any atom is 0.335 e. The van der Waals surface area contributed by atoms with E-state index in [1.54, 1.807) is 13.8 Å². The largest absolute Gasteiger partial charge is 0.493 e. The number of nitrogens with zero attached hydrogens (tertiary/aromatic N) is 1. The van der Waals surface area contributed by atoms with E-state index >= 15 is 0 Å². The number of carboxylic acid groups (broad SMARTS) is 1. The van der Waals surface area contributed by atoms with Crippen LogP contribution in [0.15, 0.2) is 23.0 Å². The summed E-state index contributed by atoms with van der Waals surface area (Å²) < 4.78 is 10.7. The van der Waals surface area contributed by atoms with Gasteiger partial charge in [-0.1, -0.05) is 0 Å². The number of aromatic amines is 1. The van der Waals surface area contributed by atoms with Crippen LogP contribution in [0.5, 0.6) is 17.2 Å². The fourth-order valence-corrected chi connectivity index (χ4v) is 1.81. The lowest BCUT2D eigenvalue weighted by atomic mass is 10.1. The molecule has 0 radical (unpaired) electrons. The first kappa shape index (κ1) is 14.6. The number of aromatic carboxylic acids is 1. The van der Waals surface area contributed by atoms with Crippen molar-refractivity contribution in [3.8, 4) is 17.2 Å². The van der Waals surface area contributed by atoms with E-state index in [4.69, 9.17) is 14.6 Å². The molecule has 2 aromatic rings. The Morgan fingerprint density at radius 3 is 2.57 bits per heavy atom. The second-order valence-corrected chi connectivity index (χ2v) is 4.43. The van der Waals surface area contributed by atoms with Crippen molar-refractivity contribution in [1.82, 2.24) is 10.2 Å². The summed E-state index contributed by atoms with van der Waals surface area (Å²) in [6.07, 6.45) is 0. The van der Waals surface area contributed by atoms with E-state index in [2.05, 4.69) is 10.2 Å². The third kappa shape index (κ3) is 3.02. The molecule has 0 fully saturated rings. The zero-order valence-corrected chi connectivity index (χ0v) is 11.8. The van der Waals surface area contributed by atoms with E-state index in [1.165, 1.54) is 25.3 Å². The van der Waals surface area contributed by atoms with Gasteiger partial charge >= 0.3 is 11.5 Å². The second-order valence-electron chi connectivity index (χ2n) is 4.43. The number of aromatic nitrogens is 2. The minimum absolute atomic E-state index is 0.0620. The fourth-order valence-electron chi connectivity index (χ4n) is 1.81. The van der Waals surface area contributed by atoms with Crippen LogP contribution in [0.1, 0.15) is 21.6 Å². The zero-order chi connectivity index (χ0) is 15.6. The van der Waals surface area contributed by atoms with Gasteiger partial charge in [0.15, 0.2) is 17.2 Å². The van der Waals surface area contributed by atoms with Crippen LogP contribution in [0.4, 0.5) is 0 Å². The predicted molar refractivity (Wildman–Crippen MR) is 74.4 cm³/mol. The van der Waals surface area contributed by atoms with Gasteiger partial charge in [0.1, 0.15) is 0 Å².